The van der Waals surface area contributed by atoms with Crippen LogP contribution in [0, 0.1) is 17.3 Å². The van der Waals surface area contributed by atoms with Crippen LogP contribution in [0.4, 0.5) is 0 Å². The number of hydrogen-bond donors (Lipinski definition) is 0. The Hall–Kier alpha value is -3.09. The van der Waals surface area contributed by atoms with Crippen molar-refractivity contribution in [3.8, 4) is 11.8 Å². The number of likely N-dealkylation sites (N-methyl/N-ethyl adjacent to an activating group) is 1. The number of benzene rings is 2. The number of rotatable bonds is 19. The number of nitrogens with zero attached hydrogens (tertiary/aromatic N) is 1. The van der Waals surface area contributed by atoms with Gasteiger partial charge in [-0.15, -0.1) is 0 Å². The number of carbonyl (C=O) groups excluding carboxylic acids is 1. The van der Waals surface area contributed by atoms with Gasteiger partial charge in [-0.3, -0.25) is 9.69 Å². The van der Waals surface area contributed by atoms with Crippen LogP contribution in [-0.2, 0) is 16.1 Å². The zero-order chi connectivity index (χ0) is 30.5. The molecule has 0 radical (unpaired) electrons. The number of ether oxygens (including phenoxy) is 1. The fourth-order valence-corrected chi connectivity index (χ4v) is 4.73. The molecular formula is C39H55NO2. The molecule has 1 unspecified atom stereocenters. The molecule has 0 saturated carbocycles. The first-order valence-electron chi connectivity index (χ1n) is 16.2. The number of unbranched alkanes of at least 4 members (excludes halogenated alkanes) is 8. The van der Waals surface area contributed by atoms with E-state index in [4.69, 9.17) is 4.74 Å². The van der Waals surface area contributed by atoms with Crippen molar-refractivity contribution in [2.45, 2.75) is 118 Å². The van der Waals surface area contributed by atoms with Crippen molar-refractivity contribution >= 4 is 16.7 Å². The van der Waals surface area contributed by atoms with Gasteiger partial charge in [-0.1, -0.05) is 118 Å². The summed E-state index contributed by atoms with van der Waals surface area (Å²) in [5.74, 6) is 6.20. The molecule has 0 bridgehead atoms. The fraction of sp³-hybridized carbons (Fsp3) is 0.513. The van der Waals surface area contributed by atoms with E-state index in [1.807, 2.05) is 19.2 Å². The molecule has 0 heterocycles. The topological polar surface area (TPSA) is 29.5 Å². The van der Waals surface area contributed by atoms with Gasteiger partial charge in [-0.25, -0.2) is 0 Å². The minimum absolute atomic E-state index is 0.0768. The van der Waals surface area contributed by atoms with Crippen molar-refractivity contribution in [3.05, 3.63) is 84.5 Å². The molecule has 0 aliphatic rings. The molecule has 0 spiro atoms. The van der Waals surface area contributed by atoms with Crippen LogP contribution < -0.4 is 0 Å². The molecule has 3 nitrogen and oxygen atoms in total. The van der Waals surface area contributed by atoms with Gasteiger partial charge in [0, 0.05) is 18.4 Å². The third-order valence-corrected chi connectivity index (χ3v) is 7.11. The van der Waals surface area contributed by atoms with Crippen LogP contribution in [0.15, 0.2) is 78.9 Å². The van der Waals surface area contributed by atoms with Crippen LogP contribution in [0.2, 0.25) is 0 Å². The summed E-state index contributed by atoms with van der Waals surface area (Å²) in [6, 6.07) is 14.8. The van der Waals surface area contributed by atoms with Gasteiger partial charge in [0.2, 0.25) is 0 Å². The number of allylic oxidation sites excluding steroid dienone is 5. The number of hydrogen-bond acceptors (Lipinski definition) is 3. The van der Waals surface area contributed by atoms with Gasteiger partial charge < -0.3 is 4.74 Å². The zero-order valence-corrected chi connectivity index (χ0v) is 27.0. The predicted octanol–water partition coefficient (Wildman–Crippen LogP) is 10.6. The average Bonchev–Trinajstić information content (AvgIpc) is 2.96. The van der Waals surface area contributed by atoms with Crippen molar-refractivity contribution in [2.75, 3.05) is 7.05 Å². The Bertz CT molecular complexity index is 1180. The van der Waals surface area contributed by atoms with Gasteiger partial charge in [0.25, 0.3) is 0 Å². The maximum absolute atomic E-state index is 12.8. The van der Waals surface area contributed by atoms with E-state index in [2.05, 4.69) is 111 Å². The summed E-state index contributed by atoms with van der Waals surface area (Å²) in [5, 5.41) is 2.43. The van der Waals surface area contributed by atoms with Crippen LogP contribution in [0.5, 0.6) is 0 Å². The Morgan fingerprint density at radius 2 is 1.55 bits per heavy atom. The molecular weight excluding hydrogens is 514 g/mol. The summed E-state index contributed by atoms with van der Waals surface area (Å²) in [7, 11) is 2.00. The first-order valence-corrected chi connectivity index (χ1v) is 16.2. The lowest BCUT2D eigenvalue weighted by Gasteiger charge is -2.26. The lowest BCUT2D eigenvalue weighted by molar-refractivity contribution is -0.154. The maximum atomic E-state index is 12.8. The molecule has 0 amide bonds. The lowest BCUT2D eigenvalue weighted by Crippen LogP contribution is -2.34. The Kier molecular flexibility index (Phi) is 17.3. The molecule has 2 rings (SSSR count). The van der Waals surface area contributed by atoms with E-state index in [1.165, 1.54) is 54.9 Å². The van der Waals surface area contributed by atoms with E-state index < -0.39 is 6.23 Å². The highest BCUT2D eigenvalue weighted by Gasteiger charge is 2.18. The SMILES string of the molecule is CCCCC/C=C\C/C=C\CCCCCCCC(=O)OC(/C=C/C#CC(C)(C)C)N(C)Cc1cccc2ccccc12. The van der Waals surface area contributed by atoms with E-state index in [0.717, 1.165) is 32.1 Å². The Labute approximate surface area is 257 Å². The minimum atomic E-state index is -0.469. The molecule has 0 saturated heterocycles. The number of fused-ring (bicyclic) bond motifs is 1. The minimum Gasteiger partial charge on any atom is -0.443 e. The smallest absolute Gasteiger partial charge is 0.307 e. The molecule has 0 aliphatic heterocycles. The zero-order valence-electron chi connectivity index (χ0n) is 27.0. The lowest BCUT2D eigenvalue weighted by atomic mass is 9.98. The van der Waals surface area contributed by atoms with Gasteiger partial charge in [0.15, 0.2) is 6.23 Å². The largest absolute Gasteiger partial charge is 0.443 e. The monoisotopic (exact) mass is 569 g/mol. The molecule has 2 aromatic carbocycles. The van der Waals surface area contributed by atoms with E-state index in [1.54, 1.807) is 0 Å². The summed E-state index contributed by atoms with van der Waals surface area (Å²) in [6.07, 6.45) is 25.7. The summed E-state index contributed by atoms with van der Waals surface area (Å²) in [6.45, 7) is 9.17. The van der Waals surface area contributed by atoms with Crippen LogP contribution in [0.25, 0.3) is 10.8 Å². The maximum Gasteiger partial charge on any atom is 0.307 e. The van der Waals surface area contributed by atoms with Gasteiger partial charge in [0.05, 0.1) is 0 Å². The molecule has 0 fully saturated rings. The second-order valence-electron chi connectivity index (χ2n) is 12.3. The third kappa shape index (κ3) is 15.8. The van der Waals surface area contributed by atoms with E-state index in [0.29, 0.717) is 13.0 Å². The van der Waals surface area contributed by atoms with Crippen molar-refractivity contribution < 1.29 is 9.53 Å². The predicted molar refractivity (Wildman–Crippen MR) is 181 cm³/mol. The molecule has 0 aliphatic carbocycles. The Morgan fingerprint density at radius 1 is 0.881 bits per heavy atom. The fourth-order valence-electron chi connectivity index (χ4n) is 4.73. The second kappa shape index (κ2) is 20.7. The highest BCUT2D eigenvalue weighted by atomic mass is 16.6. The van der Waals surface area contributed by atoms with E-state index in [-0.39, 0.29) is 11.4 Å². The van der Waals surface area contributed by atoms with Gasteiger partial charge in [0.1, 0.15) is 0 Å². The van der Waals surface area contributed by atoms with Crippen LogP contribution in [0.3, 0.4) is 0 Å². The normalized spacial score (nSPS) is 12.9. The van der Waals surface area contributed by atoms with Gasteiger partial charge in [-0.2, -0.15) is 0 Å². The molecule has 2 aromatic rings. The molecule has 228 valence electrons. The highest BCUT2D eigenvalue weighted by molar-refractivity contribution is 5.85. The average molecular weight is 570 g/mol. The van der Waals surface area contributed by atoms with Crippen molar-refractivity contribution in [1.82, 2.24) is 4.90 Å². The molecule has 42 heavy (non-hydrogen) atoms. The second-order valence-corrected chi connectivity index (χ2v) is 12.3. The van der Waals surface area contributed by atoms with Crippen molar-refractivity contribution in [3.63, 3.8) is 0 Å². The summed E-state index contributed by atoms with van der Waals surface area (Å²) in [5.41, 5.74) is 1.13. The van der Waals surface area contributed by atoms with Crippen molar-refractivity contribution in [2.24, 2.45) is 5.41 Å². The third-order valence-electron chi connectivity index (χ3n) is 7.11. The van der Waals surface area contributed by atoms with Crippen LogP contribution in [-0.4, -0.2) is 24.1 Å². The Balaban J connectivity index is 1.77. The first kappa shape index (κ1) is 35.1. The molecule has 3 heteroatoms. The first-order chi connectivity index (χ1) is 20.3. The van der Waals surface area contributed by atoms with Gasteiger partial charge in [-0.05, 0) is 94.8 Å². The van der Waals surface area contributed by atoms with Crippen molar-refractivity contribution in [1.29, 1.82) is 0 Å². The van der Waals surface area contributed by atoms with Crippen LogP contribution in [0.1, 0.15) is 110 Å². The highest BCUT2D eigenvalue weighted by Crippen LogP contribution is 2.21. The molecule has 0 N–H and O–H groups in total. The summed E-state index contributed by atoms with van der Waals surface area (Å²) < 4.78 is 5.97. The number of carbonyl (C=O) groups is 1. The Morgan fingerprint density at radius 3 is 2.29 bits per heavy atom. The quantitative estimate of drug-likeness (QED) is 0.0554. The molecule has 0 aromatic heterocycles. The van der Waals surface area contributed by atoms with E-state index >= 15 is 0 Å². The van der Waals surface area contributed by atoms with E-state index in [9.17, 15) is 4.79 Å². The van der Waals surface area contributed by atoms with Gasteiger partial charge >= 0.3 is 5.97 Å². The standard InChI is InChI=1S/C39H55NO2/c1-6-7-8-9-10-11-12-13-14-15-16-17-18-19-20-31-38(41)42-37(30-23-24-32-39(2,3)4)40(5)33-35-28-25-27-34-26-21-22-29-36(34)35/h10-11,13-14,21-23,25-30,37H,6-9,12,15-20,31,33H2,1-5H3/b11-10-,14-13-,30-23+. The molecule has 1 atom stereocenters. The number of esters is 1. The summed E-state index contributed by atoms with van der Waals surface area (Å²) in [4.78, 5) is 14.9. The van der Waals surface area contributed by atoms with Crippen LogP contribution >= 0.6 is 0 Å². The summed E-state index contributed by atoms with van der Waals surface area (Å²) >= 11 is 0.